The zero-order chi connectivity index (χ0) is 12.3. The Morgan fingerprint density at radius 2 is 1.94 bits per heavy atom. The highest BCUT2D eigenvalue weighted by molar-refractivity contribution is 5.67. The lowest BCUT2D eigenvalue weighted by atomic mass is 10.2. The van der Waals surface area contributed by atoms with Crippen LogP contribution in [0.2, 0.25) is 0 Å². The minimum absolute atomic E-state index is 0.183. The van der Waals surface area contributed by atoms with Crippen LogP contribution in [-0.2, 0) is 0 Å². The van der Waals surface area contributed by atoms with Crippen LogP contribution in [0, 0.1) is 5.82 Å². The monoisotopic (exact) mass is 239 g/mol. The van der Waals surface area contributed by atoms with Crippen LogP contribution in [0.1, 0.15) is 0 Å². The largest absolute Gasteiger partial charge is 0.397 e. The standard InChI is InChI=1S/C12H18FN3O/c13-10-1-2-11(14)12(9-10)16-5-3-15(4-6-16)7-8-17/h1-2,9,17H,3-8,14H2. The van der Waals surface area contributed by atoms with Gasteiger partial charge >= 0.3 is 0 Å². The summed E-state index contributed by atoms with van der Waals surface area (Å²) in [7, 11) is 0. The lowest BCUT2D eigenvalue weighted by molar-refractivity contribution is 0.189. The van der Waals surface area contributed by atoms with Gasteiger partial charge in [-0.2, -0.15) is 0 Å². The van der Waals surface area contributed by atoms with Gasteiger partial charge in [-0.1, -0.05) is 0 Å². The summed E-state index contributed by atoms with van der Waals surface area (Å²) in [6.45, 7) is 4.25. The molecule has 1 heterocycles. The van der Waals surface area contributed by atoms with Crippen LogP contribution < -0.4 is 10.6 Å². The van der Waals surface area contributed by atoms with Crippen LogP contribution in [0.25, 0.3) is 0 Å². The van der Waals surface area contributed by atoms with Gasteiger partial charge in [-0.05, 0) is 18.2 Å². The summed E-state index contributed by atoms with van der Waals surface area (Å²) in [5, 5.41) is 8.86. The highest BCUT2D eigenvalue weighted by atomic mass is 19.1. The normalized spacial score (nSPS) is 17.4. The summed E-state index contributed by atoms with van der Waals surface area (Å²) >= 11 is 0. The molecule has 1 fully saturated rings. The van der Waals surface area contributed by atoms with E-state index in [1.54, 1.807) is 6.07 Å². The van der Waals surface area contributed by atoms with Crippen molar-refractivity contribution in [2.24, 2.45) is 0 Å². The first-order chi connectivity index (χ1) is 8.20. The number of nitrogen functional groups attached to an aromatic ring is 1. The predicted molar refractivity (Wildman–Crippen MR) is 66.6 cm³/mol. The van der Waals surface area contributed by atoms with E-state index in [4.69, 9.17) is 10.8 Å². The van der Waals surface area contributed by atoms with Crippen molar-refractivity contribution in [3.63, 3.8) is 0 Å². The fourth-order valence-corrected chi connectivity index (χ4v) is 2.14. The van der Waals surface area contributed by atoms with Crippen molar-refractivity contribution >= 4 is 11.4 Å². The maximum Gasteiger partial charge on any atom is 0.125 e. The molecule has 0 spiro atoms. The molecule has 94 valence electrons. The van der Waals surface area contributed by atoms with E-state index in [1.165, 1.54) is 12.1 Å². The number of rotatable bonds is 3. The highest BCUT2D eigenvalue weighted by Crippen LogP contribution is 2.25. The van der Waals surface area contributed by atoms with E-state index in [0.717, 1.165) is 31.9 Å². The smallest absolute Gasteiger partial charge is 0.125 e. The Labute approximate surface area is 100 Å². The molecule has 3 N–H and O–H groups in total. The molecule has 1 saturated heterocycles. The Hall–Kier alpha value is -1.33. The fraction of sp³-hybridized carbons (Fsp3) is 0.500. The number of hydrogen-bond donors (Lipinski definition) is 2. The van der Waals surface area contributed by atoms with Gasteiger partial charge in [-0.15, -0.1) is 0 Å². The van der Waals surface area contributed by atoms with Crippen molar-refractivity contribution in [1.82, 2.24) is 4.90 Å². The van der Waals surface area contributed by atoms with Crippen LogP contribution in [0.4, 0.5) is 15.8 Å². The van der Waals surface area contributed by atoms with Crippen molar-refractivity contribution in [3.05, 3.63) is 24.0 Å². The molecule has 0 aromatic heterocycles. The molecule has 0 bridgehead atoms. The highest BCUT2D eigenvalue weighted by Gasteiger charge is 2.18. The van der Waals surface area contributed by atoms with E-state index in [2.05, 4.69) is 9.80 Å². The van der Waals surface area contributed by atoms with Gasteiger partial charge in [-0.25, -0.2) is 4.39 Å². The topological polar surface area (TPSA) is 52.7 Å². The first-order valence-electron chi connectivity index (χ1n) is 5.84. The SMILES string of the molecule is Nc1ccc(F)cc1N1CCN(CCO)CC1. The maximum absolute atomic E-state index is 13.2. The van der Waals surface area contributed by atoms with E-state index in [9.17, 15) is 4.39 Å². The fourth-order valence-electron chi connectivity index (χ4n) is 2.14. The van der Waals surface area contributed by atoms with Gasteiger partial charge in [-0.3, -0.25) is 4.90 Å². The molecule has 1 aliphatic heterocycles. The number of halogens is 1. The van der Waals surface area contributed by atoms with Crippen molar-refractivity contribution in [3.8, 4) is 0 Å². The second-order valence-electron chi connectivity index (χ2n) is 4.26. The molecule has 0 unspecified atom stereocenters. The van der Waals surface area contributed by atoms with Gasteiger partial charge < -0.3 is 15.7 Å². The quantitative estimate of drug-likeness (QED) is 0.755. The van der Waals surface area contributed by atoms with Gasteiger partial charge in [0.2, 0.25) is 0 Å². The van der Waals surface area contributed by atoms with Crippen LogP contribution in [0.3, 0.4) is 0 Å². The molecule has 17 heavy (non-hydrogen) atoms. The average molecular weight is 239 g/mol. The van der Waals surface area contributed by atoms with Crippen LogP contribution >= 0.6 is 0 Å². The van der Waals surface area contributed by atoms with E-state index in [1.807, 2.05) is 0 Å². The lowest BCUT2D eigenvalue weighted by Crippen LogP contribution is -2.47. The van der Waals surface area contributed by atoms with E-state index < -0.39 is 0 Å². The summed E-state index contributed by atoms with van der Waals surface area (Å²) in [6, 6.07) is 4.46. The summed E-state index contributed by atoms with van der Waals surface area (Å²) < 4.78 is 13.2. The Bertz CT molecular complexity index is 378. The molecule has 5 heteroatoms. The van der Waals surface area contributed by atoms with Gasteiger partial charge in [0.05, 0.1) is 18.0 Å². The summed E-state index contributed by atoms with van der Waals surface area (Å²) in [5.74, 6) is -0.257. The molecule has 1 aromatic carbocycles. The van der Waals surface area contributed by atoms with Gasteiger partial charge in [0, 0.05) is 32.7 Å². The van der Waals surface area contributed by atoms with Gasteiger partial charge in [0.1, 0.15) is 5.82 Å². The van der Waals surface area contributed by atoms with E-state index in [0.29, 0.717) is 12.2 Å². The summed E-state index contributed by atoms with van der Waals surface area (Å²) in [6.07, 6.45) is 0. The first kappa shape index (κ1) is 12.1. The number of benzene rings is 1. The van der Waals surface area contributed by atoms with E-state index >= 15 is 0 Å². The molecule has 1 aliphatic rings. The third kappa shape index (κ3) is 2.87. The minimum Gasteiger partial charge on any atom is -0.397 e. The molecule has 4 nitrogen and oxygen atoms in total. The number of β-amino-alcohol motifs (C(OH)–C–C–N with tert-alkyl or cyclic N) is 1. The first-order valence-corrected chi connectivity index (χ1v) is 5.84. The number of aliphatic hydroxyl groups is 1. The number of aliphatic hydroxyl groups excluding tert-OH is 1. The number of nitrogens with two attached hydrogens (primary N) is 1. The Balaban J connectivity index is 2.02. The number of piperazine rings is 1. The molecule has 0 saturated carbocycles. The van der Waals surface area contributed by atoms with Gasteiger partial charge in [0.25, 0.3) is 0 Å². The molecule has 0 aliphatic carbocycles. The Morgan fingerprint density at radius 3 is 2.59 bits per heavy atom. The van der Waals surface area contributed by atoms with E-state index in [-0.39, 0.29) is 12.4 Å². The Kier molecular flexibility index (Phi) is 3.81. The molecule has 0 atom stereocenters. The number of hydrogen-bond acceptors (Lipinski definition) is 4. The van der Waals surface area contributed by atoms with Crippen molar-refractivity contribution < 1.29 is 9.50 Å². The number of anilines is 2. The second kappa shape index (κ2) is 5.33. The maximum atomic E-state index is 13.2. The Morgan fingerprint density at radius 1 is 1.24 bits per heavy atom. The van der Waals surface area contributed by atoms with Crippen LogP contribution in [-0.4, -0.2) is 49.3 Å². The molecule has 0 radical (unpaired) electrons. The van der Waals surface area contributed by atoms with Crippen molar-refractivity contribution in [2.75, 3.05) is 50.0 Å². The zero-order valence-electron chi connectivity index (χ0n) is 9.77. The number of nitrogens with zero attached hydrogens (tertiary/aromatic N) is 2. The lowest BCUT2D eigenvalue weighted by Gasteiger charge is -2.36. The molecule has 1 aromatic rings. The molecular weight excluding hydrogens is 221 g/mol. The van der Waals surface area contributed by atoms with Crippen molar-refractivity contribution in [2.45, 2.75) is 0 Å². The average Bonchev–Trinajstić information content (AvgIpc) is 2.34. The molecule has 2 rings (SSSR count). The third-order valence-corrected chi connectivity index (χ3v) is 3.12. The summed E-state index contributed by atoms with van der Waals surface area (Å²) in [4.78, 5) is 4.28. The summed E-state index contributed by atoms with van der Waals surface area (Å²) in [5.41, 5.74) is 7.24. The van der Waals surface area contributed by atoms with Crippen molar-refractivity contribution in [1.29, 1.82) is 0 Å². The minimum atomic E-state index is -0.257. The van der Waals surface area contributed by atoms with Gasteiger partial charge in [0.15, 0.2) is 0 Å². The van der Waals surface area contributed by atoms with Crippen LogP contribution in [0.15, 0.2) is 18.2 Å². The predicted octanol–water partition coefficient (Wildman–Crippen LogP) is 0.522. The third-order valence-electron chi connectivity index (χ3n) is 3.12. The second-order valence-corrected chi connectivity index (χ2v) is 4.26. The molecule has 0 amide bonds. The zero-order valence-corrected chi connectivity index (χ0v) is 9.77. The van der Waals surface area contributed by atoms with Crippen LogP contribution in [0.5, 0.6) is 0 Å². The molecular formula is C12H18FN3O.